The first-order valence-electron chi connectivity index (χ1n) is 15.8. The second-order valence-electron chi connectivity index (χ2n) is 12.8. The minimum absolute atomic E-state index is 0.0721. The summed E-state index contributed by atoms with van der Waals surface area (Å²) >= 11 is 5.04. The average Bonchev–Trinajstić information content (AvgIpc) is 3.60. The van der Waals surface area contributed by atoms with Crippen molar-refractivity contribution in [2.75, 3.05) is 20.1 Å². The molecule has 0 radical (unpaired) electrons. The molecule has 7 rings (SSSR count). The van der Waals surface area contributed by atoms with Crippen LogP contribution in [0.3, 0.4) is 0 Å². The fraction of sp³-hybridized carbons (Fsp3) is 0.417. The Labute approximate surface area is 281 Å². The number of amides is 1. The van der Waals surface area contributed by atoms with Gasteiger partial charge in [-0.25, -0.2) is 0 Å². The molecule has 2 aliphatic heterocycles. The van der Waals surface area contributed by atoms with E-state index in [2.05, 4.69) is 45.1 Å². The molecule has 5 atom stereocenters. The van der Waals surface area contributed by atoms with Crippen molar-refractivity contribution in [3.63, 3.8) is 0 Å². The van der Waals surface area contributed by atoms with E-state index in [1.165, 1.54) is 19.4 Å². The third-order valence-electron chi connectivity index (χ3n) is 10.4. The minimum atomic E-state index is -0.870. The molecule has 1 saturated heterocycles. The number of benzene rings is 2. The van der Waals surface area contributed by atoms with Gasteiger partial charge in [0.2, 0.25) is 5.91 Å². The second kappa shape index (κ2) is 12.0. The summed E-state index contributed by atoms with van der Waals surface area (Å²) in [7, 11) is 1.83. The van der Waals surface area contributed by atoms with Gasteiger partial charge < -0.3 is 19.1 Å². The lowest BCUT2D eigenvalue weighted by Crippen LogP contribution is -2.79. The smallest absolute Gasteiger partial charge is 0.308 e. The number of piperidine rings is 1. The predicted molar refractivity (Wildman–Crippen MR) is 179 cm³/mol. The van der Waals surface area contributed by atoms with Gasteiger partial charge in [0.1, 0.15) is 11.7 Å². The summed E-state index contributed by atoms with van der Waals surface area (Å²) in [5.74, 6) is 0.0225. The van der Waals surface area contributed by atoms with Gasteiger partial charge in [-0.3, -0.25) is 19.3 Å². The Bertz CT molecular complexity index is 1720. The van der Waals surface area contributed by atoms with Gasteiger partial charge in [-0.1, -0.05) is 36.4 Å². The van der Waals surface area contributed by atoms with Gasteiger partial charge >= 0.3 is 11.9 Å². The van der Waals surface area contributed by atoms with E-state index >= 15 is 0 Å². The van der Waals surface area contributed by atoms with Crippen LogP contribution < -0.4 is 9.47 Å². The number of ether oxygens (including phenoxy) is 3. The molecule has 2 bridgehead atoms. The second-order valence-corrected chi connectivity index (χ2v) is 14.7. The largest absolute Gasteiger partial charge is 0.483 e. The fourth-order valence-electron chi connectivity index (χ4n) is 8.70. The lowest BCUT2D eigenvalue weighted by molar-refractivity contribution is -0.223. The van der Waals surface area contributed by atoms with E-state index in [0.29, 0.717) is 37.2 Å². The standard InChI is InChI=1S/C36H37BrN2O6S/c1-22(40)43-29-11-9-25-19-30-36(45-23(2)41)15-13-28(38(3)31(42)12-10-27-20-26(37)21-46-27)34-35(36,32(25)33(29)44-34)16-18-39(30)17-14-24-7-5-4-6-8-24/h4-12,20-21,28,30,34H,13-19H2,1-3H3/b12-10+/t28-,30-,34+,35+,36-/m1/s1. The SMILES string of the molecule is CC(=O)Oc1ccc2c3c1O[C@H]1[C@H](N(C)C(=O)/C=C/c4cc(Br)cs4)CC[C@@]4(OC(C)=O)[C@@H](C2)N(CCc2ccccc2)CC[C@]314. The molecule has 2 aromatic carbocycles. The zero-order valence-electron chi connectivity index (χ0n) is 26.2. The van der Waals surface area contributed by atoms with Crippen molar-refractivity contribution in [3.8, 4) is 11.5 Å². The zero-order chi connectivity index (χ0) is 32.2. The van der Waals surface area contributed by atoms with Gasteiger partial charge in [-0.05, 0) is 83.9 Å². The molecule has 240 valence electrons. The lowest BCUT2D eigenvalue weighted by atomic mass is 9.48. The summed E-state index contributed by atoms with van der Waals surface area (Å²) in [5, 5.41) is 1.98. The summed E-state index contributed by atoms with van der Waals surface area (Å²) < 4.78 is 20.2. The lowest BCUT2D eigenvalue weighted by Gasteiger charge is -2.65. The van der Waals surface area contributed by atoms with Crippen molar-refractivity contribution in [2.45, 2.75) is 75.2 Å². The van der Waals surface area contributed by atoms with Crippen molar-refractivity contribution < 1.29 is 28.6 Å². The van der Waals surface area contributed by atoms with Crippen LogP contribution >= 0.6 is 27.3 Å². The summed E-state index contributed by atoms with van der Waals surface area (Å²) in [6.45, 7) is 4.49. The van der Waals surface area contributed by atoms with E-state index < -0.39 is 23.1 Å². The summed E-state index contributed by atoms with van der Waals surface area (Å²) in [4.78, 5) is 44.1. The molecular formula is C36H37BrN2O6S. The number of likely N-dealkylation sites (N-methyl/N-ethyl adjacent to an activating group) is 1. The quantitative estimate of drug-likeness (QED) is 0.163. The number of esters is 2. The number of halogens is 1. The van der Waals surface area contributed by atoms with E-state index in [1.807, 2.05) is 42.8 Å². The predicted octanol–water partition coefficient (Wildman–Crippen LogP) is 5.94. The van der Waals surface area contributed by atoms with E-state index in [-0.39, 0.29) is 24.0 Å². The molecular weight excluding hydrogens is 668 g/mol. The maximum Gasteiger partial charge on any atom is 0.308 e. The number of thiophene rings is 1. The third-order valence-corrected chi connectivity index (χ3v) is 12.1. The molecule has 3 aromatic rings. The highest BCUT2D eigenvalue weighted by Crippen LogP contribution is 2.67. The van der Waals surface area contributed by atoms with E-state index in [1.54, 1.807) is 22.3 Å². The molecule has 3 heterocycles. The number of carbonyl (C=O) groups is 3. The molecule has 0 N–H and O–H groups in total. The Balaban J connectivity index is 1.31. The molecule has 2 fully saturated rings. The van der Waals surface area contributed by atoms with Gasteiger partial charge in [-0.15, -0.1) is 11.3 Å². The van der Waals surface area contributed by atoms with Crippen LogP contribution in [-0.2, 0) is 37.4 Å². The van der Waals surface area contributed by atoms with Gasteiger partial charge in [-0.2, -0.15) is 0 Å². The highest BCUT2D eigenvalue weighted by molar-refractivity contribution is 9.10. The molecule has 2 aliphatic carbocycles. The molecule has 4 aliphatic rings. The van der Waals surface area contributed by atoms with Crippen molar-refractivity contribution in [2.24, 2.45) is 0 Å². The third kappa shape index (κ3) is 5.00. The minimum Gasteiger partial charge on any atom is -0.483 e. The van der Waals surface area contributed by atoms with Crippen LogP contribution in [0, 0.1) is 0 Å². The van der Waals surface area contributed by atoms with Crippen LogP contribution in [0.25, 0.3) is 6.08 Å². The van der Waals surface area contributed by atoms with Gasteiger partial charge in [0, 0.05) is 53.8 Å². The number of nitrogens with zero attached hydrogens (tertiary/aromatic N) is 2. The molecule has 1 amide bonds. The molecule has 1 saturated carbocycles. The number of carbonyl (C=O) groups excluding carboxylic acids is 3. The van der Waals surface area contributed by atoms with Crippen LogP contribution in [0.15, 0.2) is 64.5 Å². The Kier molecular flexibility index (Phi) is 8.10. The van der Waals surface area contributed by atoms with Crippen LogP contribution in [0.2, 0.25) is 0 Å². The fourth-order valence-corrected chi connectivity index (χ4v) is 10.0. The average molecular weight is 706 g/mol. The van der Waals surface area contributed by atoms with Crippen LogP contribution in [0.1, 0.15) is 54.7 Å². The van der Waals surface area contributed by atoms with Crippen LogP contribution in [0.4, 0.5) is 0 Å². The Morgan fingerprint density at radius 2 is 1.93 bits per heavy atom. The number of likely N-dealkylation sites (tertiary alicyclic amines) is 1. The first-order chi connectivity index (χ1) is 22.1. The van der Waals surface area contributed by atoms with E-state index in [0.717, 1.165) is 40.0 Å². The molecule has 8 nitrogen and oxygen atoms in total. The zero-order valence-corrected chi connectivity index (χ0v) is 28.6. The molecule has 1 spiro atoms. The normalized spacial score (nSPS) is 27.5. The maximum absolute atomic E-state index is 13.7. The van der Waals surface area contributed by atoms with Crippen molar-refractivity contribution >= 4 is 51.2 Å². The monoisotopic (exact) mass is 704 g/mol. The Morgan fingerprint density at radius 3 is 2.65 bits per heavy atom. The molecule has 10 heteroatoms. The van der Waals surface area contributed by atoms with Crippen LogP contribution in [0.5, 0.6) is 11.5 Å². The first-order valence-corrected chi connectivity index (χ1v) is 17.5. The molecule has 46 heavy (non-hydrogen) atoms. The van der Waals surface area contributed by atoms with Gasteiger partial charge in [0.15, 0.2) is 11.5 Å². The topological polar surface area (TPSA) is 85.4 Å². The highest BCUT2D eigenvalue weighted by atomic mass is 79.9. The van der Waals surface area contributed by atoms with Crippen molar-refractivity contribution in [1.29, 1.82) is 0 Å². The summed E-state index contributed by atoms with van der Waals surface area (Å²) in [6.07, 6.45) is 6.37. The van der Waals surface area contributed by atoms with E-state index in [4.69, 9.17) is 14.2 Å². The summed E-state index contributed by atoms with van der Waals surface area (Å²) in [5.41, 5.74) is 1.77. The van der Waals surface area contributed by atoms with Gasteiger partial charge in [0.25, 0.3) is 0 Å². The Morgan fingerprint density at radius 1 is 1.13 bits per heavy atom. The molecule has 1 aromatic heterocycles. The molecule has 0 unspecified atom stereocenters. The summed E-state index contributed by atoms with van der Waals surface area (Å²) in [6, 6.07) is 15.9. The highest BCUT2D eigenvalue weighted by Gasteiger charge is 2.75. The number of hydrogen-bond acceptors (Lipinski definition) is 8. The number of rotatable bonds is 8. The van der Waals surface area contributed by atoms with Crippen LogP contribution in [-0.4, -0.2) is 71.6 Å². The van der Waals surface area contributed by atoms with Crippen molar-refractivity contribution in [1.82, 2.24) is 9.80 Å². The number of hydrogen-bond donors (Lipinski definition) is 0. The van der Waals surface area contributed by atoms with E-state index in [9.17, 15) is 14.4 Å². The maximum atomic E-state index is 13.7. The van der Waals surface area contributed by atoms with Gasteiger partial charge in [0.05, 0.1) is 17.5 Å². The Hall–Kier alpha value is -3.47. The first kappa shape index (κ1) is 31.1. The van der Waals surface area contributed by atoms with Crippen molar-refractivity contribution in [3.05, 3.63) is 86.0 Å².